The zero-order valence-electron chi connectivity index (χ0n) is 16.4. The van der Waals surface area contributed by atoms with Crippen molar-refractivity contribution >= 4 is 23.2 Å². The van der Waals surface area contributed by atoms with Crippen LogP contribution in [0.15, 0.2) is 48.1 Å². The average Bonchev–Trinajstić information content (AvgIpc) is 3.45. The molecule has 5 rings (SSSR count). The topological polar surface area (TPSA) is 85.4 Å². The molecule has 30 heavy (non-hydrogen) atoms. The van der Waals surface area contributed by atoms with Crippen LogP contribution in [-0.4, -0.2) is 87.0 Å². The summed E-state index contributed by atoms with van der Waals surface area (Å²) in [5.74, 6) is 0.0277. The van der Waals surface area contributed by atoms with Gasteiger partial charge in [-0.15, -0.1) is 11.3 Å². The molecule has 2 saturated heterocycles. The van der Waals surface area contributed by atoms with Crippen molar-refractivity contribution in [1.29, 1.82) is 0 Å². The minimum atomic E-state index is 0.0106. The molecule has 1 aromatic carbocycles. The van der Waals surface area contributed by atoms with Crippen LogP contribution >= 0.6 is 11.3 Å². The van der Waals surface area contributed by atoms with Crippen LogP contribution < -0.4 is 0 Å². The predicted molar refractivity (Wildman–Crippen MR) is 113 cm³/mol. The Morgan fingerprint density at radius 2 is 1.77 bits per heavy atom. The fraction of sp³-hybridized carbons (Fsp3) is 0.333. The van der Waals surface area contributed by atoms with Crippen LogP contribution in [0.4, 0.5) is 0 Å². The molecule has 0 aliphatic carbocycles. The molecule has 8 nitrogen and oxygen atoms in total. The number of hydrogen-bond acceptors (Lipinski definition) is 6. The second-order valence-corrected chi connectivity index (χ2v) is 8.44. The van der Waals surface area contributed by atoms with Crippen LogP contribution in [0.2, 0.25) is 0 Å². The zero-order valence-corrected chi connectivity index (χ0v) is 17.2. The second kappa shape index (κ2) is 8.00. The maximum Gasteiger partial charge on any atom is 0.282 e. The van der Waals surface area contributed by atoms with E-state index in [1.165, 1.54) is 11.3 Å². The molecule has 2 aliphatic rings. The van der Waals surface area contributed by atoms with Gasteiger partial charge < -0.3 is 9.80 Å². The average molecular weight is 423 g/mol. The Labute approximate surface area is 178 Å². The summed E-state index contributed by atoms with van der Waals surface area (Å²) in [6, 6.07) is 10.1. The van der Waals surface area contributed by atoms with E-state index in [9.17, 15) is 9.59 Å². The maximum atomic E-state index is 13.0. The van der Waals surface area contributed by atoms with Crippen LogP contribution in [-0.2, 0) is 0 Å². The lowest BCUT2D eigenvalue weighted by Crippen LogP contribution is -2.64. The lowest BCUT2D eigenvalue weighted by Gasteiger charge is -2.48. The summed E-state index contributed by atoms with van der Waals surface area (Å²) < 4.78 is 0. The lowest BCUT2D eigenvalue weighted by molar-refractivity contribution is 0.00858. The third-order valence-electron chi connectivity index (χ3n) is 5.80. The number of nitrogens with one attached hydrogen (secondary N) is 1. The van der Waals surface area contributed by atoms with Gasteiger partial charge in [-0.05, 0) is 0 Å². The number of amides is 2. The fourth-order valence-corrected chi connectivity index (χ4v) is 4.65. The highest BCUT2D eigenvalue weighted by atomic mass is 32.1. The molecule has 154 valence electrons. The lowest BCUT2D eigenvalue weighted by atomic mass is 10.0. The Morgan fingerprint density at radius 3 is 2.47 bits per heavy atom. The van der Waals surface area contributed by atoms with Crippen LogP contribution in [0.1, 0.15) is 20.2 Å². The molecule has 2 aliphatic heterocycles. The van der Waals surface area contributed by atoms with E-state index in [1.807, 2.05) is 45.5 Å². The van der Waals surface area contributed by atoms with E-state index >= 15 is 0 Å². The van der Waals surface area contributed by atoms with Gasteiger partial charge in [0.15, 0.2) is 5.01 Å². The van der Waals surface area contributed by atoms with Gasteiger partial charge in [-0.2, -0.15) is 5.10 Å². The SMILES string of the molecule is O=C(c1nccs1)N1CCN(C2CN(C(=O)c3c[nH]nc3-c3ccccc3)C2)CC1. The number of carbonyl (C=O) groups is 2. The molecule has 2 fully saturated rings. The number of hydrogen-bond donors (Lipinski definition) is 1. The minimum Gasteiger partial charge on any atom is -0.335 e. The highest BCUT2D eigenvalue weighted by molar-refractivity contribution is 7.11. The highest BCUT2D eigenvalue weighted by Crippen LogP contribution is 2.25. The van der Waals surface area contributed by atoms with Crippen LogP contribution in [0.5, 0.6) is 0 Å². The van der Waals surface area contributed by atoms with Crippen molar-refractivity contribution < 1.29 is 9.59 Å². The fourth-order valence-electron chi connectivity index (χ4n) is 4.05. The van der Waals surface area contributed by atoms with E-state index in [4.69, 9.17) is 0 Å². The normalized spacial score (nSPS) is 17.7. The zero-order chi connectivity index (χ0) is 20.5. The molecule has 0 bridgehead atoms. The first-order chi connectivity index (χ1) is 14.7. The van der Waals surface area contributed by atoms with Crippen molar-refractivity contribution in [3.63, 3.8) is 0 Å². The third kappa shape index (κ3) is 3.50. The molecular weight excluding hydrogens is 400 g/mol. The first-order valence-corrected chi connectivity index (χ1v) is 10.9. The van der Waals surface area contributed by atoms with Crippen molar-refractivity contribution in [2.45, 2.75) is 6.04 Å². The van der Waals surface area contributed by atoms with Gasteiger partial charge in [0.05, 0.1) is 5.56 Å². The number of likely N-dealkylation sites (tertiary alicyclic amines) is 1. The summed E-state index contributed by atoms with van der Waals surface area (Å²) in [5.41, 5.74) is 2.23. The monoisotopic (exact) mass is 422 g/mol. The number of carbonyl (C=O) groups excluding carboxylic acids is 2. The number of H-pyrrole nitrogens is 1. The number of rotatable bonds is 4. The van der Waals surface area contributed by atoms with Gasteiger partial charge in [0, 0.05) is 68.6 Å². The molecule has 0 spiro atoms. The minimum absolute atomic E-state index is 0.0106. The van der Waals surface area contributed by atoms with Crippen molar-refractivity contribution in [3.05, 3.63) is 58.7 Å². The van der Waals surface area contributed by atoms with E-state index in [0.717, 1.165) is 18.7 Å². The largest absolute Gasteiger partial charge is 0.335 e. The van der Waals surface area contributed by atoms with Gasteiger partial charge in [0.2, 0.25) is 0 Å². The highest BCUT2D eigenvalue weighted by Gasteiger charge is 2.38. The first kappa shape index (κ1) is 19.0. The van der Waals surface area contributed by atoms with Crippen molar-refractivity contribution in [1.82, 2.24) is 29.9 Å². The van der Waals surface area contributed by atoms with Crippen molar-refractivity contribution in [2.75, 3.05) is 39.3 Å². The predicted octanol–water partition coefficient (Wildman–Crippen LogP) is 1.82. The van der Waals surface area contributed by atoms with E-state index in [-0.39, 0.29) is 11.8 Å². The Kier molecular flexibility index (Phi) is 5.06. The van der Waals surface area contributed by atoms with Gasteiger partial charge >= 0.3 is 0 Å². The number of aromatic nitrogens is 3. The molecule has 0 radical (unpaired) electrons. The Morgan fingerprint density at radius 1 is 1.00 bits per heavy atom. The molecule has 0 unspecified atom stereocenters. The molecular formula is C21H22N6O2S. The van der Waals surface area contributed by atoms with E-state index in [2.05, 4.69) is 20.1 Å². The summed E-state index contributed by atoms with van der Waals surface area (Å²) >= 11 is 1.38. The molecule has 9 heteroatoms. The van der Waals surface area contributed by atoms with Crippen LogP contribution in [0, 0.1) is 0 Å². The Balaban J connectivity index is 1.16. The van der Waals surface area contributed by atoms with Gasteiger partial charge in [0.25, 0.3) is 11.8 Å². The summed E-state index contributed by atoms with van der Waals surface area (Å²) in [6.45, 7) is 4.46. The second-order valence-electron chi connectivity index (χ2n) is 7.54. The summed E-state index contributed by atoms with van der Waals surface area (Å²) in [4.78, 5) is 35.6. The molecule has 0 atom stereocenters. The standard InChI is InChI=1S/C21H22N6O2S/c28-20(17-12-23-24-18(17)15-4-2-1-3-5-15)27-13-16(14-27)25-7-9-26(10-8-25)21(29)19-22-6-11-30-19/h1-6,11-12,16H,7-10,13-14H2,(H,23,24). The summed E-state index contributed by atoms with van der Waals surface area (Å²) in [6.07, 6.45) is 3.35. The van der Waals surface area contributed by atoms with E-state index < -0.39 is 0 Å². The van der Waals surface area contributed by atoms with Crippen LogP contribution in [0.3, 0.4) is 0 Å². The number of aromatic amines is 1. The molecule has 4 heterocycles. The third-order valence-corrected chi connectivity index (χ3v) is 6.56. The summed E-state index contributed by atoms with van der Waals surface area (Å²) in [5, 5.41) is 9.49. The van der Waals surface area contributed by atoms with Crippen molar-refractivity contribution in [3.8, 4) is 11.3 Å². The van der Waals surface area contributed by atoms with E-state index in [1.54, 1.807) is 12.4 Å². The van der Waals surface area contributed by atoms with Crippen LogP contribution in [0.25, 0.3) is 11.3 Å². The Hall–Kier alpha value is -3.04. The smallest absolute Gasteiger partial charge is 0.282 e. The molecule has 1 N–H and O–H groups in total. The van der Waals surface area contributed by atoms with Crippen molar-refractivity contribution in [2.24, 2.45) is 0 Å². The molecule has 2 amide bonds. The Bertz CT molecular complexity index is 1020. The number of piperazine rings is 1. The molecule has 3 aromatic rings. The van der Waals surface area contributed by atoms with E-state index in [0.29, 0.717) is 48.5 Å². The summed E-state index contributed by atoms with van der Waals surface area (Å²) in [7, 11) is 0. The number of thiazole rings is 1. The number of nitrogens with zero attached hydrogens (tertiary/aromatic N) is 5. The van der Waals surface area contributed by atoms with Gasteiger partial charge in [-0.1, -0.05) is 30.3 Å². The maximum absolute atomic E-state index is 13.0. The van der Waals surface area contributed by atoms with Gasteiger partial charge in [0.1, 0.15) is 5.69 Å². The first-order valence-electron chi connectivity index (χ1n) is 10.0. The number of benzene rings is 1. The quantitative estimate of drug-likeness (QED) is 0.693. The molecule has 2 aromatic heterocycles. The van der Waals surface area contributed by atoms with Gasteiger partial charge in [-0.25, -0.2) is 4.98 Å². The van der Waals surface area contributed by atoms with Gasteiger partial charge in [-0.3, -0.25) is 19.6 Å². The molecule has 0 saturated carbocycles.